The van der Waals surface area contributed by atoms with Crippen molar-refractivity contribution in [3.8, 4) is 0 Å². The number of thioether (sulfide) groups is 1. The highest BCUT2D eigenvalue weighted by Gasteiger charge is 2.12. The molecule has 2 nitrogen and oxygen atoms in total. The highest BCUT2D eigenvalue weighted by Crippen LogP contribution is 2.26. The molecule has 0 aromatic heterocycles. The molecule has 0 saturated heterocycles. The zero-order chi connectivity index (χ0) is 11.4. The Labute approximate surface area is 98.6 Å². The van der Waals surface area contributed by atoms with Crippen molar-refractivity contribution in [2.45, 2.75) is 18.2 Å². The number of carbonyl (C=O) groups is 1. The molecule has 0 bridgehead atoms. The van der Waals surface area contributed by atoms with Gasteiger partial charge in [0, 0.05) is 4.90 Å². The van der Waals surface area contributed by atoms with Crippen molar-refractivity contribution in [1.29, 1.82) is 0 Å². The van der Waals surface area contributed by atoms with E-state index in [9.17, 15) is 4.79 Å². The van der Waals surface area contributed by atoms with Crippen LogP contribution in [0, 0.1) is 5.92 Å². The number of rotatable bonds is 4. The van der Waals surface area contributed by atoms with Crippen LogP contribution in [0.1, 0.15) is 12.5 Å². The fourth-order valence-electron chi connectivity index (χ4n) is 1.28. The monoisotopic (exact) mass is 244 g/mol. The Morgan fingerprint density at radius 2 is 2.27 bits per heavy atom. The molecule has 0 heterocycles. The first-order valence-electron chi connectivity index (χ1n) is 4.59. The fourth-order valence-corrected chi connectivity index (χ4v) is 2.17. The minimum Gasteiger partial charge on any atom is -0.481 e. The summed E-state index contributed by atoms with van der Waals surface area (Å²) in [5.41, 5.74) is 0.965. The van der Waals surface area contributed by atoms with Crippen LogP contribution in [0.4, 0.5) is 0 Å². The van der Waals surface area contributed by atoms with E-state index in [4.69, 9.17) is 16.7 Å². The maximum absolute atomic E-state index is 10.7. The molecule has 0 aliphatic heterocycles. The summed E-state index contributed by atoms with van der Waals surface area (Å²) in [5.74, 6) is -1.15. The molecule has 0 amide bonds. The molecule has 0 fully saturated rings. The smallest absolute Gasteiger partial charge is 0.306 e. The second-order valence-electron chi connectivity index (χ2n) is 3.41. The van der Waals surface area contributed by atoms with E-state index in [2.05, 4.69) is 0 Å². The molecule has 1 unspecified atom stereocenters. The van der Waals surface area contributed by atoms with Gasteiger partial charge in [0.1, 0.15) is 0 Å². The lowest BCUT2D eigenvalue weighted by molar-refractivity contribution is -0.141. The Morgan fingerprint density at radius 1 is 1.60 bits per heavy atom. The van der Waals surface area contributed by atoms with E-state index < -0.39 is 5.97 Å². The van der Waals surface area contributed by atoms with Gasteiger partial charge in [0.25, 0.3) is 0 Å². The number of carboxylic acids is 1. The first kappa shape index (κ1) is 12.4. The lowest BCUT2D eigenvalue weighted by atomic mass is 10.0. The van der Waals surface area contributed by atoms with Gasteiger partial charge in [0.05, 0.1) is 10.9 Å². The van der Waals surface area contributed by atoms with Gasteiger partial charge in [-0.05, 0) is 30.4 Å². The first-order chi connectivity index (χ1) is 7.04. The third-order valence-corrected chi connectivity index (χ3v) is 3.40. The van der Waals surface area contributed by atoms with Gasteiger partial charge in [-0.2, -0.15) is 0 Å². The van der Waals surface area contributed by atoms with Crippen molar-refractivity contribution < 1.29 is 9.90 Å². The van der Waals surface area contributed by atoms with Gasteiger partial charge in [-0.15, -0.1) is 11.8 Å². The number of benzene rings is 1. The molecule has 15 heavy (non-hydrogen) atoms. The molecule has 1 N–H and O–H groups in total. The van der Waals surface area contributed by atoms with Gasteiger partial charge >= 0.3 is 5.97 Å². The van der Waals surface area contributed by atoms with Crippen LogP contribution in [-0.4, -0.2) is 17.3 Å². The van der Waals surface area contributed by atoms with E-state index in [1.54, 1.807) is 18.7 Å². The molecule has 0 spiro atoms. The number of carboxylic acid groups (broad SMARTS) is 1. The summed E-state index contributed by atoms with van der Waals surface area (Å²) < 4.78 is 0. The minimum atomic E-state index is -0.778. The molecule has 1 atom stereocenters. The van der Waals surface area contributed by atoms with Crippen molar-refractivity contribution in [3.63, 3.8) is 0 Å². The maximum Gasteiger partial charge on any atom is 0.306 e. The van der Waals surface area contributed by atoms with Crippen LogP contribution in [-0.2, 0) is 11.2 Å². The van der Waals surface area contributed by atoms with E-state index in [0.29, 0.717) is 11.4 Å². The van der Waals surface area contributed by atoms with Crippen LogP contribution in [0.15, 0.2) is 23.1 Å². The minimum absolute atomic E-state index is 0.374. The highest BCUT2D eigenvalue weighted by molar-refractivity contribution is 7.98. The van der Waals surface area contributed by atoms with Gasteiger partial charge in [-0.1, -0.05) is 24.6 Å². The predicted molar refractivity (Wildman–Crippen MR) is 63.7 cm³/mol. The van der Waals surface area contributed by atoms with Crippen molar-refractivity contribution in [1.82, 2.24) is 0 Å². The van der Waals surface area contributed by atoms with Crippen LogP contribution in [0.3, 0.4) is 0 Å². The van der Waals surface area contributed by atoms with Crippen LogP contribution < -0.4 is 0 Å². The van der Waals surface area contributed by atoms with Gasteiger partial charge in [0.15, 0.2) is 0 Å². The average molecular weight is 245 g/mol. The number of hydrogen-bond acceptors (Lipinski definition) is 2. The first-order valence-corrected chi connectivity index (χ1v) is 6.20. The summed E-state index contributed by atoms with van der Waals surface area (Å²) >= 11 is 7.61. The third kappa shape index (κ3) is 3.43. The van der Waals surface area contributed by atoms with Crippen molar-refractivity contribution >= 4 is 29.3 Å². The summed E-state index contributed by atoms with van der Waals surface area (Å²) in [6.45, 7) is 1.69. The summed E-state index contributed by atoms with van der Waals surface area (Å²) in [5, 5.41) is 9.47. The van der Waals surface area contributed by atoms with E-state index in [1.807, 2.05) is 24.5 Å². The zero-order valence-corrected chi connectivity index (χ0v) is 10.2. The molecule has 82 valence electrons. The predicted octanol–water partition coefficient (Wildman–Crippen LogP) is 3.33. The third-order valence-electron chi connectivity index (χ3n) is 2.18. The number of aliphatic carboxylic acids is 1. The molecule has 0 saturated carbocycles. The van der Waals surface area contributed by atoms with Crippen LogP contribution >= 0.6 is 23.4 Å². The maximum atomic E-state index is 10.7. The average Bonchev–Trinajstić information content (AvgIpc) is 2.18. The Balaban J connectivity index is 2.79. The zero-order valence-electron chi connectivity index (χ0n) is 8.66. The van der Waals surface area contributed by atoms with E-state index in [-0.39, 0.29) is 5.92 Å². The largest absolute Gasteiger partial charge is 0.481 e. The summed E-state index contributed by atoms with van der Waals surface area (Å²) in [4.78, 5) is 11.7. The van der Waals surface area contributed by atoms with Gasteiger partial charge in [0.2, 0.25) is 0 Å². The molecule has 0 aliphatic carbocycles. The second kappa shape index (κ2) is 5.42. The standard InChI is InChI=1S/C11H13ClO2S/c1-7(11(13)14)5-8-3-4-10(15-2)9(12)6-8/h3-4,6-7H,5H2,1-2H3,(H,13,14). The van der Waals surface area contributed by atoms with Crippen molar-refractivity contribution in [2.24, 2.45) is 5.92 Å². The fraction of sp³-hybridized carbons (Fsp3) is 0.364. The molecular weight excluding hydrogens is 232 g/mol. The van der Waals surface area contributed by atoms with Crippen molar-refractivity contribution in [2.75, 3.05) is 6.26 Å². The molecule has 1 aromatic rings. The van der Waals surface area contributed by atoms with E-state index in [1.165, 1.54) is 0 Å². The topological polar surface area (TPSA) is 37.3 Å². The SMILES string of the molecule is CSc1ccc(CC(C)C(=O)O)cc1Cl. The summed E-state index contributed by atoms with van der Waals surface area (Å²) in [6.07, 6.45) is 2.48. The van der Waals surface area contributed by atoms with E-state index >= 15 is 0 Å². The highest BCUT2D eigenvalue weighted by atomic mass is 35.5. The van der Waals surface area contributed by atoms with E-state index in [0.717, 1.165) is 10.5 Å². The lowest BCUT2D eigenvalue weighted by Crippen LogP contribution is -2.12. The molecule has 1 rings (SSSR count). The van der Waals surface area contributed by atoms with Crippen LogP contribution in [0.25, 0.3) is 0 Å². The molecule has 1 aromatic carbocycles. The number of hydrogen-bond donors (Lipinski definition) is 1. The lowest BCUT2D eigenvalue weighted by Gasteiger charge is -2.08. The molecular formula is C11H13ClO2S. The summed E-state index contributed by atoms with van der Waals surface area (Å²) in [7, 11) is 0. The summed E-state index contributed by atoms with van der Waals surface area (Å²) in [6, 6.07) is 5.70. The quantitative estimate of drug-likeness (QED) is 0.826. The Hall–Kier alpha value is -0.670. The Morgan fingerprint density at radius 3 is 2.73 bits per heavy atom. The molecule has 0 radical (unpaired) electrons. The normalized spacial score (nSPS) is 12.5. The molecule has 0 aliphatic rings. The Kier molecular flexibility index (Phi) is 4.48. The molecule has 4 heteroatoms. The number of halogens is 1. The van der Waals surface area contributed by atoms with Crippen LogP contribution in [0.5, 0.6) is 0 Å². The van der Waals surface area contributed by atoms with Crippen LogP contribution in [0.2, 0.25) is 5.02 Å². The van der Waals surface area contributed by atoms with Gasteiger partial charge in [-0.3, -0.25) is 4.79 Å². The Bertz CT molecular complexity index is 366. The van der Waals surface area contributed by atoms with Gasteiger partial charge in [-0.25, -0.2) is 0 Å². The van der Waals surface area contributed by atoms with Gasteiger partial charge < -0.3 is 5.11 Å². The van der Waals surface area contributed by atoms with Crippen molar-refractivity contribution in [3.05, 3.63) is 28.8 Å². The second-order valence-corrected chi connectivity index (χ2v) is 4.67.